The van der Waals surface area contributed by atoms with Crippen LogP contribution in [0.3, 0.4) is 0 Å². The first-order chi connectivity index (χ1) is 7.38. The second-order valence-corrected chi connectivity index (χ2v) is 4.67. The molecule has 0 fully saturated rings. The summed E-state index contributed by atoms with van der Waals surface area (Å²) >= 11 is 0. The largest absolute Gasteiger partial charge is 0.366 e. The summed E-state index contributed by atoms with van der Waals surface area (Å²) in [5, 5.41) is 10.8. The van der Waals surface area contributed by atoms with E-state index in [1.54, 1.807) is 4.68 Å². The Morgan fingerprint density at radius 3 is 2.38 bits per heavy atom. The van der Waals surface area contributed by atoms with Gasteiger partial charge in [0.05, 0.1) is 0 Å². The molecule has 0 unspecified atom stereocenters. The van der Waals surface area contributed by atoms with Crippen LogP contribution in [0, 0.1) is 0 Å². The van der Waals surface area contributed by atoms with Gasteiger partial charge in [0.1, 0.15) is 0 Å². The smallest absolute Gasteiger partial charge is 0.239 e. The van der Waals surface area contributed by atoms with Gasteiger partial charge in [0.25, 0.3) is 0 Å². The van der Waals surface area contributed by atoms with E-state index in [0.29, 0.717) is 11.6 Å². The van der Waals surface area contributed by atoms with Gasteiger partial charge in [0.2, 0.25) is 5.95 Å². The van der Waals surface area contributed by atoms with Crippen LogP contribution >= 0.6 is 0 Å². The van der Waals surface area contributed by atoms with Crippen LogP contribution in [0.2, 0.25) is 0 Å². The van der Waals surface area contributed by atoms with Crippen molar-refractivity contribution >= 4 is 5.95 Å². The number of H-pyrrole nitrogens is 1. The first-order valence-electron chi connectivity index (χ1n) is 4.97. The molecule has 0 saturated heterocycles. The van der Waals surface area contributed by atoms with Crippen molar-refractivity contribution in [2.75, 3.05) is 5.73 Å². The number of hydrogen-bond acceptors (Lipinski definition) is 5. The van der Waals surface area contributed by atoms with Gasteiger partial charge in [-0.2, -0.15) is 10.1 Å². The van der Waals surface area contributed by atoms with Gasteiger partial charge in [0, 0.05) is 12.5 Å². The Bertz CT molecular complexity index is 502. The minimum atomic E-state index is -0.0957. The van der Waals surface area contributed by atoms with Crippen molar-refractivity contribution in [1.29, 1.82) is 0 Å². The van der Waals surface area contributed by atoms with Crippen LogP contribution in [-0.4, -0.2) is 29.9 Å². The first-order valence-corrected chi connectivity index (χ1v) is 4.97. The van der Waals surface area contributed by atoms with Crippen LogP contribution < -0.4 is 5.73 Å². The van der Waals surface area contributed by atoms with Crippen LogP contribution in [0.25, 0.3) is 11.6 Å². The zero-order chi connectivity index (χ0) is 11.9. The summed E-state index contributed by atoms with van der Waals surface area (Å²) in [6.45, 7) is 6.17. The molecule has 86 valence electrons. The third-order valence-electron chi connectivity index (χ3n) is 2.15. The highest BCUT2D eigenvalue weighted by atomic mass is 15.4. The zero-order valence-corrected chi connectivity index (χ0v) is 9.81. The van der Waals surface area contributed by atoms with Crippen molar-refractivity contribution in [3.63, 3.8) is 0 Å². The van der Waals surface area contributed by atoms with E-state index in [0.717, 1.165) is 5.82 Å². The molecule has 0 bridgehead atoms. The van der Waals surface area contributed by atoms with Crippen molar-refractivity contribution in [3.05, 3.63) is 5.82 Å². The molecule has 0 atom stereocenters. The Morgan fingerprint density at radius 1 is 1.25 bits per heavy atom. The number of aromatic nitrogens is 6. The third-order valence-corrected chi connectivity index (χ3v) is 2.15. The molecule has 0 saturated carbocycles. The average Bonchev–Trinajstić information content (AvgIpc) is 2.70. The minimum absolute atomic E-state index is 0.0957. The molecular formula is C9H15N7. The van der Waals surface area contributed by atoms with E-state index < -0.39 is 0 Å². The van der Waals surface area contributed by atoms with E-state index in [-0.39, 0.29) is 11.4 Å². The Morgan fingerprint density at radius 2 is 1.94 bits per heavy atom. The van der Waals surface area contributed by atoms with Gasteiger partial charge in [-0.15, -0.1) is 5.10 Å². The van der Waals surface area contributed by atoms with Gasteiger partial charge in [-0.3, -0.25) is 5.10 Å². The Balaban J connectivity index is 2.47. The molecule has 0 aliphatic carbocycles. The minimum Gasteiger partial charge on any atom is -0.366 e. The molecule has 2 aromatic rings. The molecule has 0 aliphatic rings. The number of aryl methyl sites for hydroxylation is 1. The maximum absolute atomic E-state index is 5.45. The summed E-state index contributed by atoms with van der Waals surface area (Å²) < 4.78 is 1.67. The highest BCUT2D eigenvalue weighted by Gasteiger charge is 2.22. The van der Waals surface area contributed by atoms with Gasteiger partial charge in [-0.25, -0.2) is 9.67 Å². The van der Waals surface area contributed by atoms with Crippen molar-refractivity contribution < 1.29 is 0 Å². The van der Waals surface area contributed by atoms with Crippen molar-refractivity contribution in [2.45, 2.75) is 26.2 Å². The number of nitrogens with one attached hydrogen (secondary N) is 1. The lowest BCUT2D eigenvalue weighted by Gasteiger charge is -2.11. The molecule has 2 aromatic heterocycles. The third kappa shape index (κ3) is 1.75. The lowest BCUT2D eigenvalue weighted by Crippen LogP contribution is -2.13. The summed E-state index contributed by atoms with van der Waals surface area (Å²) in [5.41, 5.74) is 5.35. The quantitative estimate of drug-likeness (QED) is 0.729. The van der Waals surface area contributed by atoms with Gasteiger partial charge in [-0.05, 0) is 0 Å². The average molecular weight is 221 g/mol. The summed E-state index contributed by atoms with van der Waals surface area (Å²) in [4.78, 5) is 8.45. The molecule has 0 amide bonds. The Labute approximate surface area is 93.1 Å². The van der Waals surface area contributed by atoms with Crippen molar-refractivity contribution in [1.82, 2.24) is 29.9 Å². The number of anilines is 1. The zero-order valence-electron chi connectivity index (χ0n) is 9.81. The fourth-order valence-electron chi connectivity index (χ4n) is 1.28. The number of nitrogens with two attached hydrogens (primary N) is 1. The highest BCUT2D eigenvalue weighted by Crippen LogP contribution is 2.21. The topological polar surface area (TPSA) is 98.3 Å². The van der Waals surface area contributed by atoms with E-state index in [4.69, 9.17) is 5.73 Å². The summed E-state index contributed by atoms with van der Waals surface area (Å²) in [6, 6.07) is 0. The Hall–Kier alpha value is -1.92. The molecule has 0 spiro atoms. The molecule has 7 nitrogen and oxygen atoms in total. The first kappa shape index (κ1) is 10.6. The van der Waals surface area contributed by atoms with Gasteiger partial charge >= 0.3 is 0 Å². The molecule has 2 heterocycles. The standard InChI is InChI=1S/C9H15N7/c1-9(2,3)7-12-6(16(4)15-7)5-11-8(10)14-13-5/h1-4H3,(H3,10,11,13,14). The van der Waals surface area contributed by atoms with E-state index in [1.807, 2.05) is 7.05 Å². The molecule has 0 aliphatic heterocycles. The number of rotatable bonds is 1. The fraction of sp³-hybridized carbons (Fsp3) is 0.556. The van der Waals surface area contributed by atoms with E-state index in [1.165, 1.54) is 0 Å². The molecule has 2 rings (SSSR count). The van der Waals surface area contributed by atoms with Crippen LogP contribution in [0.5, 0.6) is 0 Å². The van der Waals surface area contributed by atoms with Gasteiger partial charge in [0.15, 0.2) is 17.5 Å². The molecule has 0 aromatic carbocycles. The maximum Gasteiger partial charge on any atom is 0.239 e. The fourth-order valence-corrected chi connectivity index (χ4v) is 1.28. The second kappa shape index (κ2) is 3.29. The lowest BCUT2D eigenvalue weighted by atomic mass is 9.96. The monoisotopic (exact) mass is 221 g/mol. The van der Waals surface area contributed by atoms with Crippen LogP contribution in [0.1, 0.15) is 26.6 Å². The van der Waals surface area contributed by atoms with Crippen LogP contribution in [0.15, 0.2) is 0 Å². The Kier molecular flexibility index (Phi) is 2.18. The SMILES string of the molecule is Cn1nc(C(C)(C)C)nc1-c1nc(N)n[nH]1. The molecule has 7 heteroatoms. The summed E-state index contributed by atoms with van der Waals surface area (Å²) in [7, 11) is 1.82. The predicted molar refractivity (Wildman–Crippen MR) is 59.5 cm³/mol. The van der Waals surface area contributed by atoms with E-state index >= 15 is 0 Å². The predicted octanol–water partition coefficient (Wildman–Crippen LogP) is 0.480. The van der Waals surface area contributed by atoms with Crippen molar-refractivity contribution in [2.24, 2.45) is 7.05 Å². The van der Waals surface area contributed by atoms with E-state index in [9.17, 15) is 0 Å². The number of hydrogen-bond donors (Lipinski definition) is 2. The summed E-state index contributed by atoms with van der Waals surface area (Å²) in [6.07, 6.45) is 0. The summed E-state index contributed by atoms with van der Waals surface area (Å²) in [5.74, 6) is 2.13. The van der Waals surface area contributed by atoms with Crippen molar-refractivity contribution in [3.8, 4) is 11.6 Å². The number of nitrogen functional groups attached to an aromatic ring is 1. The van der Waals surface area contributed by atoms with Crippen LogP contribution in [0.4, 0.5) is 5.95 Å². The molecule has 16 heavy (non-hydrogen) atoms. The number of aromatic amines is 1. The second-order valence-electron chi connectivity index (χ2n) is 4.67. The van der Waals surface area contributed by atoms with Crippen LogP contribution in [-0.2, 0) is 12.5 Å². The number of nitrogens with zero attached hydrogens (tertiary/aromatic N) is 5. The molecule has 0 radical (unpaired) electrons. The lowest BCUT2D eigenvalue weighted by molar-refractivity contribution is 0.538. The van der Waals surface area contributed by atoms with Gasteiger partial charge < -0.3 is 5.73 Å². The van der Waals surface area contributed by atoms with Gasteiger partial charge in [-0.1, -0.05) is 20.8 Å². The van der Waals surface area contributed by atoms with E-state index in [2.05, 4.69) is 46.0 Å². The highest BCUT2D eigenvalue weighted by molar-refractivity contribution is 5.45. The molecule has 3 N–H and O–H groups in total. The maximum atomic E-state index is 5.45. The normalized spacial score (nSPS) is 12.0. The molecular weight excluding hydrogens is 206 g/mol.